The number of para-hydroxylation sites is 1. The number of benzene rings is 2. The van der Waals surface area contributed by atoms with Gasteiger partial charge in [0.15, 0.2) is 5.78 Å². The Morgan fingerprint density at radius 3 is 2.58 bits per heavy atom. The highest BCUT2D eigenvalue weighted by Crippen LogP contribution is 2.31. The normalized spacial score (nSPS) is 14.8. The largest absolute Gasteiger partial charge is 0.339 e. The van der Waals surface area contributed by atoms with E-state index in [1.54, 1.807) is 6.92 Å². The van der Waals surface area contributed by atoms with E-state index in [1.165, 1.54) is 27.7 Å². The number of ketones is 1. The van der Waals surface area contributed by atoms with E-state index in [9.17, 15) is 4.79 Å². The van der Waals surface area contributed by atoms with E-state index in [0.717, 1.165) is 31.6 Å². The molecule has 122 valence electrons. The van der Waals surface area contributed by atoms with E-state index < -0.39 is 0 Å². The van der Waals surface area contributed by atoms with Crippen LogP contribution >= 0.6 is 0 Å². The van der Waals surface area contributed by atoms with E-state index in [4.69, 9.17) is 0 Å². The molecule has 0 aliphatic carbocycles. The fraction of sp³-hybridized carbons (Fsp3) is 0.286. The lowest BCUT2D eigenvalue weighted by Gasteiger charge is -2.24. The standard InChI is InChI=1S/C21H22N2O/c1-15(24)17-9-7-16(8-10-17)13-23-20-6-4-3-5-18(20)19-11-12-22(2)14-21(19)23/h3-10H,11-14H2,1-2H3. The zero-order valence-electron chi connectivity index (χ0n) is 14.2. The first-order chi connectivity index (χ1) is 11.6. The summed E-state index contributed by atoms with van der Waals surface area (Å²) in [5.74, 6) is 0.118. The van der Waals surface area contributed by atoms with Crippen LogP contribution in [0.4, 0.5) is 0 Å². The van der Waals surface area contributed by atoms with E-state index >= 15 is 0 Å². The Bertz CT molecular complexity index is 905. The minimum absolute atomic E-state index is 0.118. The van der Waals surface area contributed by atoms with Gasteiger partial charge >= 0.3 is 0 Å². The fourth-order valence-electron chi connectivity index (χ4n) is 3.73. The first kappa shape index (κ1) is 15.2. The van der Waals surface area contributed by atoms with Crippen molar-refractivity contribution in [3.63, 3.8) is 0 Å². The number of Topliss-reactive ketones (excluding diaryl/α,β-unsaturated/α-hetero) is 1. The van der Waals surface area contributed by atoms with Gasteiger partial charge in [-0.25, -0.2) is 0 Å². The van der Waals surface area contributed by atoms with Crippen LogP contribution in [0.25, 0.3) is 10.9 Å². The number of nitrogens with zero attached hydrogens (tertiary/aromatic N) is 2. The van der Waals surface area contributed by atoms with E-state index in [-0.39, 0.29) is 5.78 Å². The molecule has 1 aromatic heterocycles. The Balaban J connectivity index is 1.78. The number of aromatic nitrogens is 1. The summed E-state index contributed by atoms with van der Waals surface area (Å²) in [6.45, 7) is 4.58. The Morgan fingerprint density at radius 2 is 1.83 bits per heavy atom. The zero-order valence-corrected chi connectivity index (χ0v) is 14.2. The summed E-state index contributed by atoms with van der Waals surface area (Å²) in [6.07, 6.45) is 1.11. The van der Waals surface area contributed by atoms with Gasteiger partial charge in [0.05, 0.1) is 0 Å². The van der Waals surface area contributed by atoms with Crippen LogP contribution in [0.3, 0.4) is 0 Å². The first-order valence-corrected chi connectivity index (χ1v) is 8.51. The molecule has 0 saturated carbocycles. The zero-order chi connectivity index (χ0) is 16.7. The lowest BCUT2D eigenvalue weighted by atomic mass is 10.0. The van der Waals surface area contributed by atoms with Gasteiger partial charge in [-0.2, -0.15) is 0 Å². The Labute approximate surface area is 142 Å². The molecule has 1 aliphatic rings. The van der Waals surface area contributed by atoms with Crippen LogP contribution < -0.4 is 0 Å². The molecular weight excluding hydrogens is 296 g/mol. The first-order valence-electron chi connectivity index (χ1n) is 8.51. The second-order valence-electron chi connectivity index (χ2n) is 6.77. The molecule has 0 spiro atoms. The van der Waals surface area contributed by atoms with Crippen molar-refractivity contribution in [2.24, 2.45) is 0 Å². The van der Waals surface area contributed by atoms with Crippen LogP contribution in [0.15, 0.2) is 48.5 Å². The molecule has 3 aromatic rings. The number of carbonyl (C=O) groups excluding carboxylic acids is 1. The molecule has 0 unspecified atom stereocenters. The maximum absolute atomic E-state index is 11.5. The predicted octanol–water partition coefficient (Wildman–Crippen LogP) is 3.88. The van der Waals surface area contributed by atoms with Crippen molar-refractivity contribution in [1.29, 1.82) is 0 Å². The van der Waals surface area contributed by atoms with E-state index in [0.29, 0.717) is 0 Å². The SMILES string of the molecule is CC(=O)c1ccc(Cn2c3c(c4ccccc42)CCN(C)C3)cc1. The van der Waals surface area contributed by atoms with Crippen LogP contribution in [-0.4, -0.2) is 28.8 Å². The van der Waals surface area contributed by atoms with Crippen LogP contribution in [0, 0.1) is 0 Å². The molecular formula is C21H22N2O. The summed E-state index contributed by atoms with van der Waals surface area (Å²) in [6, 6.07) is 16.7. The highest BCUT2D eigenvalue weighted by molar-refractivity contribution is 5.94. The Hall–Kier alpha value is -2.39. The molecule has 0 fully saturated rings. The highest BCUT2D eigenvalue weighted by Gasteiger charge is 2.22. The average Bonchev–Trinajstić information content (AvgIpc) is 2.89. The van der Waals surface area contributed by atoms with Crippen molar-refractivity contribution in [3.8, 4) is 0 Å². The molecule has 0 saturated heterocycles. The second kappa shape index (κ2) is 5.91. The molecule has 1 aliphatic heterocycles. The molecule has 0 N–H and O–H groups in total. The third kappa shape index (κ3) is 2.55. The van der Waals surface area contributed by atoms with Crippen molar-refractivity contribution in [3.05, 3.63) is 70.9 Å². The third-order valence-corrected chi connectivity index (χ3v) is 5.06. The fourth-order valence-corrected chi connectivity index (χ4v) is 3.73. The third-order valence-electron chi connectivity index (χ3n) is 5.06. The average molecular weight is 318 g/mol. The van der Waals surface area contributed by atoms with Crippen LogP contribution in [0.1, 0.15) is 34.1 Å². The number of hydrogen-bond donors (Lipinski definition) is 0. The van der Waals surface area contributed by atoms with Gasteiger partial charge in [-0.1, -0.05) is 42.5 Å². The van der Waals surface area contributed by atoms with Gasteiger partial charge in [-0.3, -0.25) is 4.79 Å². The smallest absolute Gasteiger partial charge is 0.159 e. The maximum Gasteiger partial charge on any atom is 0.159 e. The summed E-state index contributed by atoms with van der Waals surface area (Å²) in [5, 5.41) is 1.39. The number of likely N-dealkylation sites (N-methyl/N-ethyl adjacent to an activating group) is 1. The lowest BCUT2D eigenvalue weighted by molar-refractivity contribution is 0.101. The predicted molar refractivity (Wildman–Crippen MR) is 97.5 cm³/mol. The lowest BCUT2D eigenvalue weighted by Crippen LogP contribution is -2.27. The van der Waals surface area contributed by atoms with Crippen molar-refractivity contribution in [1.82, 2.24) is 9.47 Å². The van der Waals surface area contributed by atoms with Crippen LogP contribution in [0.5, 0.6) is 0 Å². The summed E-state index contributed by atoms with van der Waals surface area (Å²) < 4.78 is 2.45. The molecule has 3 heteroatoms. The Morgan fingerprint density at radius 1 is 1.08 bits per heavy atom. The van der Waals surface area contributed by atoms with Gasteiger partial charge in [-0.05, 0) is 37.6 Å². The summed E-state index contributed by atoms with van der Waals surface area (Å²) in [4.78, 5) is 13.9. The maximum atomic E-state index is 11.5. The van der Waals surface area contributed by atoms with E-state index in [1.807, 2.05) is 12.1 Å². The van der Waals surface area contributed by atoms with E-state index in [2.05, 4.69) is 52.9 Å². The van der Waals surface area contributed by atoms with Gasteiger partial charge in [-0.15, -0.1) is 0 Å². The molecule has 4 rings (SSSR count). The number of hydrogen-bond acceptors (Lipinski definition) is 2. The molecule has 0 amide bonds. The minimum atomic E-state index is 0.118. The quantitative estimate of drug-likeness (QED) is 0.685. The number of carbonyl (C=O) groups is 1. The molecule has 0 atom stereocenters. The summed E-state index contributed by atoms with van der Waals surface area (Å²) in [5.41, 5.74) is 6.26. The van der Waals surface area contributed by atoms with Gasteiger partial charge in [0.2, 0.25) is 0 Å². The van der Waals surface area contributed by atoms with Crippen molar-refractivity contribution < 1.29 is 4.79 Å². The van der Waals surface area contributed by atoms with Crippen LogP contribution in [-0.2, 0) is 19.5 Å². The molecule has 2 aromatic carbocycles. The van der Waals surface area contributed by atoms with Gasteiger partial charge in [0.25, 0.3) is 0 Å². The van der Waals surface area contributed by atoms with Crippen LogP contribution in [0.2, 0.25) is 0 Å². The monoisotopic (exact) mass is 318 g/mol. The van der Waals surface area contributed by atoms with Gasteiger partial charge in [0, 0.05) is 41.8 Å². The summed E-state index contributed by atoms with van der Waals surface area (Å²) >= 11 is 0. The highest BCUT2D eigenvalue weighted by atomic mass is 16.1. The minimum Gasteiger partial charge on any atom is -0.339 e. The summed E-state index contributed by atoms with van der Waals surface area (Å²) in [7, 11) is 2.19. The number of rotatable bonds is 3. The van der Waals surface area contributed by atoms with Crippen molar-refractivity contribution in [2.45, 2.75) is 26.4 Å². The van der Waals surface area contributed by atoms with Crippen molar-refractivity contribution in [2.75, 3.05) is 13.6 Å². The molecule has 24 heavy (non-hydrogen) atoms. The van der Waals surface area contributed by atoms with Crippen molar-refractivity contribution >= 4 is 16.7 Å². The molecule has 3 nitrogen and oxygen atoms in total. The molecule has 2 heterocycles. The molecule has 0 radical (unpaired) electrons. The topological polar surface area (TPSA) is 25.2 Å². The Kier molecular flexibility index (Phi) is 3.73. The van der Waals surface area contributed by atoms with Gasteiger partial charge < -0.3 is 9.47 Å². The second-order valence-corrected chi connectivity index (χ2v) is 6.77. The van der Waals surface area contributed by atoms with Gasteiger partial charge in [0.1, 0.15) is 0 Å². The number of fused-ring (bicyclic) bond motifs is 3. The molecule has 0 bridgehead atoms.